The van der Waals surface area contributed by atoms with Crippen LogP contribution in [0.5, 0.6) is 0 Å². The van der Waals surface area contributed by atoms with E-state index in [1.807, 2.05) is 35.7 Å². The van der Waals surface area contributed by atoms with Gasteiger partial charge in [-0.25, -0.2) is 14.6 Å². The Morgan fingerprint density at radius 1 is 0.963 bits per heavy atom. The van der Waals surface area contributed by atoms with Gasteiger partial charge < -0.3 is 9.47 Å². The number of anilines is 1. The molecule has 1 N–H and O–H groups in total. The molecule has 27 heavy (non-hydrogen) atoms. The molecule has 0 aliphatic heterocycles. The van der Waals surface area contributed by atoms with Crippen molar-refractivity contribution >= 4 is 28.7 Å². The SMILES string of the molecule is CC(C)(C)OC(=O)N(Nc1nc(-c2ccccc2)cs1)C(=O)OC(C)(C)C. The molecule has 0 bridgehead atoms. The number of ether oxygens (including phenoxy) is 2. The van der Waals surface area contributed by atoms with Gasteiger partial charge in [0, 0.05) is 10.9 Å². The molecule has 0 saturated heterocycles. The molecule has 0 aliphatic rings. The van der Waals surface area contributed by atoms with E-state index in [0.717, 1.165) is 11.3 Å². The average molecular weight is 391 g/mol. The summed E-state index contributed by atoms with van der Waals surface area (Å²) in [7, 11) is 0. The number of carbonyl (C=O) groups excluding carboxylic acids is 2. The van der Waals surface area contributed by atoms with Crippen molar-refractivity contribution in [3.8, 4) is 11.3 Å². The van der Waals surface area contributed by atoms with Gasteiger partial charge in [-0.15, -0.1) is 16.3 Å². The maximum absolute atomic E-state index is 12.5. The van der Waals surface area contributed by atoms with E-state index in [4.69, 9.17) is 9.47 Å². The van der Waals surface area contributed by atoms with Crippen LogP contribution in [-0.2, 0) is 9.47 Å². The maximum Gasteiger partial charge on any atom is 0.439 e. The molecule has 2 amide bonds. The topological polar surface area (TPSA) is 80.8 Å². The third-order valence-electron chi connectivity index (χ3n) is 2.93. The number of carbonyl (C=O) groups is 2. The van der Waals surface area contributed by atoms with Crippen LogP contribution in [0.1, 0.15) is 41.5 Å². The van der Waals surface area contributed by atoms with E-state index in [-0.39, 0.29) is 0 Å². The van der Waals surface area contributed by atoms with Crippen LogP contribution in [0.4, 0.5) is 14.7 Å². The molecule has 0 spiro atoms. The Hall–Kier alpha value is -2.61. The summed E-state index contributed by atoms with van der Waals surface area (Å²) < 4.78 is 10.6. The molecule has 0 atom stereocenters. The summed E-state index contributed by atoms with van der Waals surface area (Å²) in [5.41, 5.74) is 2.84. The zero-order valence-corrected chi connectivity index (χ0v) is 17.2. The van der Waals surface area contributed by atoms with E-state index < -0.39 is 23.4 Å². The average Bonchev–Trinajstić information content (AvgIpc) is 2.98. The first-order chi connectivity index (χ1) is 12.4. The Morgan fingerprint density at radius 3 is 1.96 bits per heavy atom. The summed E-state index contributed by atoms with van der Waals surface area (Å²) in [5.74, 6) is 0. The van der Waals surface area contributed by atoms with E-state index in [0.29, 0.717) is 10.1 Å². The number of hydrogen-bond acceptors (Lipinski definition) is 7. The molecule has 1 aromatic carbocycles. The lowest BCUT2D eigenvalue weighted by Gasteiger charge is -2.28. The molecule has 7 nitrogen and oxygen atoms in total. The Kier molecular flexibility index (Phi) is 6.10. The summed E-state index contributed by atoms with van der Waals surface area (Å²) in [4.78, 5) is 29.4. The third kappa shape index (κ3) is 6.56. The number of hydrazine groups is 1. The Morgan fingerprint density at radius 2 is 1.48 bits per heavy atom. The molecule has 0 aliphatic carbocycles. The lowest BCUT2D eigenvalue weighted by Crippen LogP contribution is -2.46. The van der Waals surface area contributed by atoms with E-state index in [9.17, 15) is 9.59 Å². The number of aromatic nitrogens is 1. The monoisotopic (exact) mass is 391 g/mol. The predicted octanol–water partition coefficient (Wildman–Crippen LogP) is 5.31. The lowest BCUT2D eigenvalue weighted by atomic mass is 10.2. The molecule has 1 heterocycles. The van der Waals surface area contributed by atoms with Gasteiger partial charge in [0.05, 0.1) is 5.69 Å². The Labute approximate surface area is 163 Å². The highest BCUT2D eigenvalue weighted by atomic mass is 32.1. The van der Waals surface area contributed by atoms with Gasteiger partial charge in [-0.05, 0) is 41.5 Å². The molecule has 0 saturated carbocycles. The van der Waals surface area contributed by atoms with Crippen LogP contribution >= 0.6 is 11.3 Å². The lowest BCUT2D eigenvalue weighted by molar-refractivity contribution is 0.00642. The van der Waals surface area contributed by atoms with Crippen LogP contribution in [-0.4, -0.2) is 33.4 Å². The zero-order chi connectivity index (χ0) is 20.2. The zero-order valence-electron chi connectivity index (χ0n) is 16.4. The van der Waals surface area contributed by atoms with Gasteiger partial charge in [-0.1, -0.05) is 30.3 Å². The van der Waals surface area contributed by atoms with Gasteiger partial charge in [0.15, 0.2) is 0 Å². The first kappa shape index (κ1) is 20.7. The molecule has 2 aromatic rings. The van der Waals surface area contributed by atoms with Crippen molar-refractivity contribution in [3.05, 3.63) is 35.7 Å². The number of imide groups is 1. The van der Waals surface area contributed by atoms with Crippen LogP contribution in [0.25, 0.3) is 11.3 Å². The van der Waals surface area contributed by atoms with E-state index in [1.54, 1.807) is 41.5 Å². The van der Waals surface area contributed by atoms with Crippen molar-refractivity contribution in [2.24, 2.45) is 0 Å². The van der Waals surface area contributed by atoms with Crippen molar-refractivity contribution in [1.82, 2.24) is 9.99 Å². The van der Waals surface area contributed by atoms with E-state index in [2.05, 4.69) is 10.4 Å². The van der Waals surface area contributed by atoms with Crippen LogP contribution in [0.2, 0.25) is 0 Å². The number of rotatable bonds is 3. The van der Waals surface area contributed by atoms with Crippen molar-refractivity contribution in [2.75, 3.05) is 5.43 Å². The van der Waals surface area contributed by atoms with Crippen LogP contribution < -0.4 is 5.43 Å². The molecule has 0 unspecified atom stereocenters. The second-order valence-corrected chi connectivity index (χ2v) is 8.67. The minimum Gasteiger partial charge on any atom is -0.442 e. The normalized spacial score (nSPS) is 11.6. The summed E-state index contributed by atoms with van der Waals surface area (Å²) in [6.07, 6.45) is -1.73. The van der Waals surface area contributed by atoms with Gasteiger partial charge in [-0.2, -0.15) is 0 Å². The molecule has 2 rings (SSSR count). The quantitative estimate of drug-likeness (QED) is 0.714. The third-order valence-corrected chi connectivity index (χ3v) is 3.68. The van der Waals surface area contributed by atoms with Crippen molar-refractivity contribution in [3.63, 3.8) is 0 Å². The van der Waals surface area contributed by atoms with Crippen LogP contribution in [0.3, 0.4) is 0 Å². The Balaban J connectivity index is 2.22. The highest BCUT2D eigenvalue weighted by Gasteiger charge is 2.32. The first-order valence-corrected chi connectivity index (χ1v) is 9.36. The minimum absolute atomic E-state index is 0.366. The second-order valence-electron chi connectivity index (χ2n) is 7.81. The number of amides is 2. The van der Waals surface area contributed by atoms with Crippen molar-refractivity contribution in [2.45, 2.75) is 52.7 Å². The van der Waals surface area contributed by atoms with Crippen LogP contribution in [0, 0.1) is 0 Å². The fourth-order valence-corrected chi connectivity index (χ4v) is 2.65. The van der Waals surface area contributed by atoms with Gasteiger partial charge in [0.1, 0.15) is 11.2 Å². The number of hydrogen-bond donors (Lipinski definition) is 1. The van der Waals surface area contributed by atoms with Gasteiger partial charge in [0.2, 0.25) is 5.13 Å². The van der Waals surface area contributed by atoms with Gasteiger partial charge in [0.25, 0.3) is 0 Å². The predicted molar refractivity (Wildman–Crippen MR) is 105 cm³/mol. The highest BCUT2D eigenvalue weighted by molar-refractivity contribution is 7.14. The van der Waals surface area contributed by atoms with Gasteiger partial charge >= 0.3 is 12.2 Å². The van der Waals surface area contributed by atoms with Gasteiger partial charge in [-0.3, -0.25) is 5.43 Å². The summed E-state index contributed by atoms with van der Waals surface area (Å²) in [5, 5.41) is 2.90. The summed E-state index contributed by atoms with van der Waals surface area (Å²) in [6, 6.07) is 9.60. The number of nitrogens with zero attached hydrogens (tertiary/aromatic N) is 2. The first-order valence-electron chi connectivity index (χ1n) is 8.48. The van der Waals surface area contributed by atoms with Crippen molar-refractivity contribution in [1.29, 1.82) is 0 Å². The molecule has 1 aromatic heterocycles. The second kappa shape index (κ2) is 7.96. The standard InChI is InChI=1S/C19H25N3O4S/c1-18(2,3)25-16(23)22(17(24)26-19(4,5)6)21-15-20-14(12-27-15)13-10-8-7-9-11-13/h7-12H,1-6H3,(H,20,21). The van der Waals surface area contributed by atoms with E-state index >= 15 is 0 Å². The van der Waals surface area contributed by atoms with Crippen LogP contribution in [0.15, 0.2) is 35.7 Å². The minimum atomic E-state index is -0.867. The number of nitrogens with one attached hydrogen (secondary N) is 1. The molecule has 146 valence electrons. The summed E-state index contributed by atoms with van der Waals surface area (Å²) in [6.45, 7) is 10.3. The summed E-state index contributed by atoms with van der Waals surface area (Å²) >= 11 is 1.26. The smallest absolute Gasteiger partial charge is 0.439 e. The van der Waals surface area contributed by atoms with E-state index in [1.165, 1.54) is 11.3 Å². The Bertz CT molecular complexity index is 763. The molecular formula is C19H25N3O4S. The molecular weight excluding hydrogens is 366 g/mol. The fourth-order valence-electron chi connectivity index (χ4n) is 1.94. The number of thiazole rings is 1. The maximum atomic E-state index is 12.5. The number of benzene rings is 1. The molecule has 0 radical (unpaired) electrons. The molecule has 0 fully saturated rings. The fraction of sp³-hybridized carbons (Fsp3) is 0.421. The van der Waals surface area contributed by atoms with Crippen molar-refractivity contribution < 1.29 is 19.1 Å². The largest absolute Gasteiger partial charge is 0.442 e. The highest BCUT2D eigenvalue weighted by Crippen LogP contribution is 2.25. The molecule has 8 heteroatoms.